The van der Waals surface area contributed by atoms with Crippen LogP contribution in [0, 0.1) is 5.92 Å². The maximum absolute atomic E-state index is 12.2. The van der Waals surface area contributed by atoms with E-state index in [9.17, 15) is 22.8 Å². The van der Waals surface area contributed by atoms with Crippen molar-refractivity contribution in [1.82, 2.24) is 10.6 Å². The number of ether oxygens (including phenoxy) is 1. The van der Waals surface area contributed by atoms with Crippen LogP contribution < -0.4 is 21.1 Å². The topological polar surface area (TPSA) is 93.4 Å². The molecule has 9 heteroatoms. The molecule has 1 amide bonds. The molecule has 3 rings (SSSR count). The standard InChI is InChI=1S/C17H23F3N2O2.C7H13NO/c1-21-14-7-5-12(6-8-14)10-16(23)22-11-13-3-2-4-15(9-13)24-17(18,19)20;8-7(6-9)4-2-1-3-5-7/h2-4,9,12,14,21H,5-8,10-11H2,1H3,(H,22,23);6H,1-5,8H2. The summed E-state index contributed by atoms with van der Waals surface area (Å²) in [6.07, 6.45) is 6.11. The smallest absolute Gasteiger partial charge is 0.406 e. The molecule has 0 heterocycles. The van der Waals surface area contributed by atoms with Crippen LogP contribution in [0.25, 0.3) is 0 Å². The van der Waals surface area contributed by atoms with E-state index in [-0.39, 0.29) is 18.2 Å². The maximum Gasteiger partial charge on any atom is 0.573 e. The molecule has 0 aromatic heterocycles. The largest absolute Gasteiger partial charge is 0.573 e. The average Bonchev–Trinajstić information content (AvgIpc) is 2.78. The molecule has 2 saturated carbocycles. The molecule has 0 bridgehead atoms. The van der Waals surface area contributed by atoms with Crippen molar-refractivity contribution in [1.29, 1.82) is 0 Å². The van der Waals surface area contributed by atoms with Crippen molar-refractivity contribution in [2.45, 2.75) is 88.7 Å². The number of aldehydes is 1. The number of carbonyl (C=O) groups is 2. The molecular weight excluding hydrogens is 435 g/mol. The van der Waals surface area contributed by atoms with E-state index in [2.05, 4.69) is 15.4 Å². The minimum Gasteiger partial charge on any atom is -0.406 e. The third-order valence-electron chi connectivity index (χ3n) is 6.37. The van der Waals surface area contributed by atoms with Crippen molar-refractivity contribution in [2.75, 3.05) is 7.05 Å². The fourth-order valence-electron chi connectivity index (χ4n) is 4.37. The molecule has 0 saturated heterocycles. The number of rotatable bonds is 7. The molecule has 33 heavy (non-hydrogen) atoms. The van der Waals surface area contributed by atoms with Crippen LogP contribution in [0.1, 0.15) is 69.8 Å². The summed E-state index contributed by atoms with van der Waals surface area (Å²) in [7, 11) is 1.95. The van der Waals surface area contributed by atoms with E-state index >= 15 is 0 Å². The summed E-state index contributed by atoms with van der Waals surface area (Å²) in [5, 5.41) is 6.02. The first-order chi connectivity index (χ1) is 15.6. The monoisotopic (exact) mass is 471 g/mol. The Balaban J connectivity index is 0.000000357. The van der Waals surface area contributed by atoms with Crippen molar-refractivity contribution in [3.8, 4) is 5.75 Å². The Morgan fingerprint density at radius 2 is 1.85 bits per heavy atom. The first-order valence-corrected chi connectivity index (χ1v) is 11.7. The van der Waals surface area contributed by atoms with Gasteiger partial charge in [0.25, 0.3) is 0 Å². The Morgan fingerprint density at radius 1 is 1.18 bits per heavy atom. The van der Waals surface area contributed by atoms with Crippen LogP contribution in [0.5, 0.6) is 5.75 Å². The van der Waals surface area contributed by atoms with Crippen molar-refractivity contribution in [2.24, 2.45) is 11.7 Å². The van der Waals surface area contributed by atoms with Gasteiger partial charge in [0.1, 0.15) is 12.0 Å². The number of hydrogen-bond donors (Lipinski definition) is 3. The SMILES string of the molecule is CNC1CCC(CC(=O)NCc2cccc(OC(F)(F)F)c2)CC1.NC1(C=O)CCCCC1. The minimum absolute atomic E-state index is 0.0648. The van der Waals surface area contributed by atoms with E-state index in [1.807, 2.05) is 7.05 Å². The summed E-state index contributed by atoms with van der Waals surface area (Å²) in [5.74, 6) is 0.0409. The zero-order valence-electron chi connectivity index (χ0n) is 19.3. The molecule has 1 aromatic rings. The van der Waals surface area contributed by atoms with Crippen molar-refractivity contribution in [3.05, 3.63) is 29.8 Å². The summed E-state index contributed by atoms with van der Waals surface area (Å²) >= 11 is 0. The second kappa shape index (κ2) is 12.9. The molecule has 0 atom stereocenters. The molecule has 0 unspecified atom stereocenters. The van der Waals surface area contributed by atoms with Gasteiger partial charge < -0.3 is 25.9 Å². The van der Waals surface area contributed by atoms with Crippen LogP contribution >= 0.6 is 0 Å². The minimum atomic E-state index is -4.71. The molecule has 0 aliphatic heterocycles. The van der Waals surface area contributed by atoms with Crippen LogP contribution in [-0.4, -0.2) is 37.2 Å². The fourth-order valence-corrected chi connectivity index (χ4v) is 4.37. The molecular formula is C24H36F3N3O3. The lowest BCUT2D eigenvalue weighted by Gasteiger charge is -2.27. The van der Waals surface area contributed by atoms with Gasteiger partial charge in [0.15, 0.2) is 0 Å². The molecule has 186 valence electrons. The van der Waals surface area contributed by atoms with E-state index in [0.717, 1.165) is 57.7 Å². The van der Waals surface area contributed by atoms with Crippen molar-refractivity contribution >= 4 is 12.2 Å². The third kappa shape index (κ3) is 10.6. The summed E-state index contributed by atoms with van der Waals surface area (Å²) in [6, 6.07) is 6.19. The number of halogens is 3. The Bertz CT molecular complexity index is 744. The molecule has 4 N–H and O–H groups in total. The predicted molar refractivity (Wildman–Crippen MR) is 120 cm³/mol. The van der Waals surface area contributed by atoms with Gasteiger partial charge in [0.2, 0.25) is 5.91 Å². The molecule has 0 radical (unpaired) electrons. The Hall–Kier alpha value is -2.13. The first kappa shape index (κ1) is 27.1. The van der Waals surface area contributed by atoms with Crippen LogP contribution in [0.3, 0.4) is 0 Å². The normalized spacial score (nSPS) is 22.5. The van der Waals surface area contributed by atoms with E-state index in [4.69, 9.17) is 5.73 Å². The second-order valence-corrected chi connectivity index (χ2v) is 9.09. The van der Waals surface area contributed by atoms with Crippen molar-refractivity contribution < 1.29 is 27.5 Å². The lowest BCUT2D eigenvalue weighted by molar-refractivity contribution is -0.274. The van der Waals surface area contributed by atoms with Gasteiger partial charge in [0, 0.05) is 19.0 Å². The van der Waals surface area contributed by atoms with E-state index in [1.165, 1.54) is 24.6 Å². The fraction of sp³-hybridized carbons (Fsp3) is 0.667. The Kier molecular flexibility index (Phi) is 10.6. The number of benzene rings is 1. The quantitative estimate of drug-likeness (QED) is 0.518. The van der Waals surface area contributed by atoms with Gasteiger partial charge in [0.05, 0.1) is 5.54 Å². The van der Waals surface area contributed by atoms with E-state index < -0.39 is 11.9 Å². The maximum atomic E-state index is 12.2. The summed E-state index contributed by atoms with van der Waals surface area (Å²) in [4.78, 5) is 22.4. The van der Waals surface area contributed by atoms with Crippen LogP contribution in [-0.2, 0) is 16.1 Å². The number of nitrogens with one attached hydrogen (secondary N) is 2. The molecule has 1 aromatic carbocycles. The molecule has 2 fully saturated rings. The van der Waals surface area contributed by atoms with Gasteiger partial charge in [-0.15, -0.1) is 13.2 Å². The average molecular weight is 472 g/mol. The van der Waals surface area contributed by atoms with Gasteiger partial charge in [-0.25, -0.2) is 0 Å². The predicted octanol–water partition coefficient (Wildman–Crippen LogP) is 4.22. The van der Waals surface area contributed by atoms with Crippen molar-refractivity contribution in [3.63, 3.8) is 0 Å². The Morgan fingerprint density at radius 3 is 2.39 bits per heavy atom. The lowest BCUT2D eigenvalue weighted by Crippen LogP contribution is -2.43. The molecule has 0 spiro atoms. The van der Waals surface area contributed by atoms with E-state index in [0.29, 0.717) is 23.9 Å². The van der Waals surface area contributed by atoms with Crippen LogP contribution in [0.15, 0.2) is 24.3 Å². The summed E-state index contributed by atoms with van der Waals surface area (Å²) in [6.45, 7) is 0.194. The summed E-state index contributed by atoms with van der Waals surface area (Å²) in [5.41, 5.74) is 5.80. The lowest BCUT2D eigenvalue weighted by atomic mass is 9.84. The van der Waals surface area contributed by atoms with E-state index in [1.54, 1.807) is 6.07 Å². The van der Waals surface area contributed by atoms with Gasteiger partial charge in [-0.3, -0.25) is 4.79 Å². The molecule has 6 nitrogen and oxygen atoms in total. The van der Waals surface area contributed by atoms with Crippen LogP contribution in [0.4, 0.5) is 13.2 Å². The zero-order valence-corrected chi connectivity index (χ0v) is 19.3. The summed E-state index contributed by atoms with van der Waals surface area (Å²) < 4.78 is 40.5. The first-order valence-electron chi connectivity index (χ1n) is 11.7. The van der Waals surface area contributed by atoms with Gasteiger partial charge >= 0.3 is 6.36 Å². The van der Waals surface area contributed by atoms with Gasteiger partial charge in [-0.05, 0) is 69.2 Å². The molecule has 2 aliphatic carbocycles. The molecule has 2 aliphatic rings. The van der Waals surface area contributed by atoms with Gasteiger partial charge in [-0.1, -0.05) is 31.4 Å². The highest BCUT2D eigenvalue weighted by molar-refractivity contribution is 5.76. The highest BCUT2D eigenvalue weighted by atomic mass is 19.4. The highest BCUT2D eigenvalue weighted by Gasteiger charge is 2.31. The highest BCUT2D eigenvalue weighted by Crippen LogP contribution is 2.27. The van der Waals surface area contributed by atoms with Crippen LogP contribution in [0.2, 0.25) is 0 Å². The number of hydrogen-bond acceptors (Lipinski definition) is 5. The van der Waals surface area contributed by atoms with Gasteiger partial charge in [-0.2, -0.15) is 0 Å². The Labute approximate surface area is 193 Å². The number of amides is 1. The number of nitrogens with two attached hydrogens (primary N) is 1. The number of alkyl halides is 3. The third-order valence-corrected chi connectivity index (χ3v) is 6.37. The second-order valence-electron chi connectivity index (χ2n) is 9.09. The zero-order chi connectivity index (χ0) is 24.3. The number of carbonyl (C=O) groups excluding carboxylic acids is 2.